The molecule has 0 spiro atoms. The molecule has 1 N–H and O–H groups in total. The highest BCUT2D eigenvalue weighted by Crippen LogP contribution is 2.25. The number of methoxy groups -OCH3 is 1. The molecule has 2 rings (SSSR count). The van der Waals surface area contributed by atoms with E-state index in [0.29, 0.717) is 0 Å². The van der Waals surface area contributed by atoms with Gasteiger partial charge in [-0.05, 0) is 41.7 Å². The summed E-state index contributed by atoms with van der Waals surface area (Å²) in [6, 6.07) is 15.8. The van der Waals surface area contributed by atoms with Crippen molar-refractivity contribution in [2.75, 3.05) is 7.11 Å². The highest BCUT2D eigenvalue weighted by molar-refractivity contribution is 5.36. The van der Waals surface area contributed by atoms with Crippen molar-refractivity contribution in [1.82, 2.24) is 0 Å². The molecule has 20 heavy (non-hydrogen) atoms. The molecule has 0 aliphatic heterocycles. The van der Waals surface area contributed by atoms with Crippen LogP contribution in [0.5, 0.6) is 5.75 Å². The lowest BCUT2D eigenvalue weighted by Gasteiger charge is -2.13. The summed E-state index contributed by atoms with van der Waals surface area (Å²) in [4.78, 5) is 0. The molecule has 0 aromatic heterocycles. The number of benzene rings is 2. The number of aliphatic hydroxyl groups excluding tert-OH is 1. The first-order chi connectivity index (χ1) is 9.74. The lowest BCUT2D eigenvalue weighted by atomic mass is 9.99. The first kappa shape index (κ1) is 14.6. The molecule has 0 radical (unpaired) electrons. The van der Waals surface area contributed by atoms with Crippen LogP contribution in [0.1, 0.15) is 42.6 Å². The van der Waals surface area contributed by atoms with E-state index in [1.54, 1.807) is 7.11 Å². The number of aliphatic hydroxyl groups is 1. The number of rotatable bonds is 6. The molecule has 0 saturated heterocycles. The van der Waals surface area contributed by atoms with Gasteiger partial charge in [0.05, 0.1) is 7.11 Å². The molecule has 2 heteroatoms. The quantitative estimate of drug-likeness (QED) is 0.855. The molecule has 0 fully saturated rings. The fourth-order valence-corrected chi connectivity index (χ4v) is 2.25. The van der Waals surface area contributed by atoms with Crippen LogP contribution in [0.2, 0.25) is 0 Å². The van der Waals surface area contributed by atoms with Crippen LogP contribution in [0.3, 0.4) is 0 Å². The Morgan fingerprint density at radius 3 is 2.45 bits per heavy atom. The summed E-state index contributed by atoms with van der Waals surface area (Å²) in [5.41, 5.74) is 3.10. The topological polar surface area (TPSA) is 29.5 Å². The van der Waals surface area contributed by atoms with E-state index in [1.165, 1.54) is 18.4 Å². The molecule has 106 valence electrons. The Kier molecular flexibility index (Phi) is 5.19. The molecule has 1 atom stereocenters. The summed E-state index contributed by atoms with van der Waals surface area (Å²) in [5, 5.41) is 10.4. The van der Waals surface area contributed by atoms with Crippen molar-refractivity contribution in [2.45, 2.75) is 32.3 Å². The second-order valence-corrected chi connectivity index (χ2v) is 5.02. The molecule has 0 saturated carbocycles. The molecule has 2 aromatic carbocycles. The third-order valence-corrected chi connectivity index (χ3v) is 3.52. The van der Waals surface area contributed by atoms with E-state index in [1.807, 2.05) is 36.4 Å². The third kappa shape index (κ3) is 3.61. The van der Waals surface area contributed by atoms with Gasteiger partial charge in [-0.2, -0.15) is 0 Å². The number of aryl methyl sites for hydroxylation is 1. The van der Waals surface area contributed by atoms with Gasteiger partial charge in [-0.15, -0.1) is 0 Å². The van der Waals surface area contributed by atoms with E-state index in [0.717, 1.165) is 23.3 Å². The molecule has 1 unspecified atom stereocenters. The van der Waals surface area contributed by atoms with Crippen LogP contribution in [0.15, 0.2) is 48.5 Å². The lowest BCUT2D eigenvalue weighted by Crippen LogP contribution is -2.00. The van der Waals surface area contributed by atoms with E-state index in [9.17, 15) is 5.11 Å². The third-order valence-electron chi connectivity index (χ3n) is 3.52. The highest BCUT2D eigenvalue weighted by Gasteiger charge is 2.10. The van der Waals surface area contributed by atoms with Gasteiger partial charge >= 0.3 is 0 Å². The average Bonchev–Trinajstić information content (AvgIpc) is 2.52. The second kappa shape index (κ2) is 7.11. The van der Waals surface area contributed by atoms with Crippen LogP contribution in [0, 0.1) is 0 Å². The van der Waals surface area contributed by atoms with E-state index in [4.69, 9.17) is 4.74 Å². The minimum Gasteiger partial charge on any atom is -0.497 e. The smallest absolute Gasteiger partial charge is 0.119 e. The largest absolute Gasteiger partial charge is 0.497 e. The molecular weight excluding hydrogens is 248 g/mol. The van der Waals surface area contributed by atoms with Gasteiger partial charge in [0.2, 0.25) is 0 Å². The maximum atomic E-state index is 10.4. The first-order valence-electron chi connectivity index (χ1n) is 7.15. The number of hydrogen-bond donors (Lipinski definition) is 1. The summed E-state index contributed by atoms with van der Waals surface area (Å²) in [7, 11) is 1.63. The van der Waals surface area contributed by atoms with E-state index in [2.05, 4.69) is 19.1 Å². The fraction of sp³-hybridized carbons (Fsp3) is 0.333. The molecule has 0 bridgehead atoms. The van der Waals surface area contributed by atoms with Gasteiger partial charge in [0, 0.05) is 0 Å². The fourth-order valence-electron chi connectivity index (χ4n) is 2.25. The zero-order valence-electron chi connectivity index (χ0n) is 12.2. The maximum absolute atomic E-state index is 10.4. The van der Waals surface area contributed by atoms with Gasteiger partial charge < -0.3 is 9.84 Å². The lowest BCUT2D eigenvalue weighted by molar-refractivity contribution is 0.220. The summed E-state index contributed by atoms with van der Waals surface area (Å²) in [6.45, 7) is 2.20. The number of ether oxygens (including phenoxy) is 1. The molecule has 0 amide bonds. The van der Waals surface area contributed by atoms with Gasteiger partial charge in [-0.3, -0.25) is 0 Å². The molecule has 2 nitrogen and oxygen atoms in total. The van der Waals surface area contributed by atoms with Gasteiger partial charge in [-0.1, -0.05) is 49.7 Å². The van der Waals surface area contributed by atoms with Crippen molar-refractivity contribution >= 4 is 0 Å². The van der Waals surface area contributed by atoms with Gasteiger partial charge in [0.25, 0.3) is 0 Å². The summed E-state index contributed by atoms with van der Waals surface area (Å²) < 4.78 is 5.19. The summed E-state index contributed by atoms with van der Waals surface area (Å²) in [5.74, 6) is 0.765. The van der Waals surface area contributed by atoms with Crippen LogP contribution < -0.4 is 4.74 Å². The summed E-state index contributed by atoms with van der Waals surface area (Å²) in [6.07, 6.45) is 2.91. The van der Waals surface area contributed by atoms with Crippen molar-refractivity contribution in [3.63, 3.8) is 0 Å². The zero-order valence-corrected chi connectivity index (χ0v) is 12.2. The second-order valence-electron chi connectivity index (χ2n) is 5.02. The Labute approximate surface area is 121 Å². The molecule has 0 heterocycles. The average molecular weight is 270 g/mol. The minimum absolute atomic E-state index is 0.606. The first-order valence-corrected chi connectivity index (χ1v) is 7.15. The Bertz CT molecular complexity index is 531. The normalized spacial score (nSPS) is 12.2. The van der Waals surface area contributed by atoms with E-state index < -0.39 is 6.10 Å². The minimum atomic E-state index is -0.606. The van der Waals surface area contributed by atoms with Crippen molar-refractivity contribution in [3.05, 3.63) is 65.2 Å². The van der Waals surface area contributed by atoms with Crippen molar-refractivity contribution < 1.29 is 9.84 Å². The Balaban J connectivity index is 2.13. The Morgan fingerprint density at radius 1 is 1.05 bits per heavy atom. The molecular formula is C18H22O2. The van der Waals surface area contributed by atoms with Crippen molar-refractivity contribution in [1.29, 1.82) is 0 Å². The molecule has 0 aliphatic rings. The van der Waals surface area contributed by atoms with Crippen molar-refractivity contribution in [3.8, 4) is 5.75 Å². The number of unbranched alkanes of at least 4 members (excludes halogenated alkanes) is 1. The standard InChI is InChI=1S/C18H22O2/c1-3-4-6-14-9-11-15(12-10-14)18(19)16-7-5-8-17(13-16)20-2/h5,7-13,18-19H,3-4,6H2,1-2H3. The predicted molar refractivity (Wildman–Crippen MR) is 82.1 cm³/mol. The predicted octanol–water partition coefficient (Wildman–Crippen LogP) is 4.12. The van der Waals surface area contributed by atoms with Crippen LogP contribution in [-0.4, -0.2) is 12.2 Å². The van der Waals surface area contributed by atoms with Gasteiger partial charge in [0.1, 0.15) is 11.9 Å². The highest BCUT2D eigenvalue weighted by atomic mass is 16.5. The zero-order chi connectivity index (χ0) is 14.4. The van der Waals surface area contributed by atoms with Crippen LogP contribution >= 0.6 is 0 Å². The van der Waals surface area contributed by atoms with Gasteiger partial charge in [0.15, 0.2) is 0 Å². The molecule has 0 aliphatic carbocycles. The Hall–Kier alpha value is -1.80. The molecule has 2 aromatic rings. The van der Waals surface area contributed by atoms with E-state index in [-0.39, 0.29) is 0 Å². The monoisotopic (exact) mass is 270 g/mol. The summed E-state index contributed by atoms with van der Waals surface area (Å²) >= 11 is 0. The van der Waals surface area contributed by atoms with Crippen molar-refractivity contribution in [2.24, 2.45) is 0 Å². The van der Waals surface area contributed by atoms with Crippen LogP contribution in [0.4, 0.5) is 0 Å². The maximum Gasteiger partial charge on any atom is 0.119 e. The van der Waals surface area contributed by atoms with Crippen LogP contribution in [-0.2, 0) is 6.42 Å². The van der Waals surface area contributed by atoms with E-state index >= 15 is 0 Å². The Morgan fingerprint density at radius 2 is 1.80 bits per heavy atom. The van der Waals surface area contributed by atoms with Gasteiger partial charge in [-0.25, -0.2) is 0 Å². The number of hydrogen-bond acceptors (Lipinski definition) is 2. The van der Waals surface area contributed by atoms with Crippen LogP contribution in [0.25, 0.3) is 0 Å². The SMILES string of the molecule is CCCCc1ccc(C(O)c2cccc(OC)c2)cc1.